The molecule has 2 aromatic rings. The predicted molar refractivity (Wildman–Crippen MR) is 71.0 cm³/mol. The molecule has 0 aliphatic rings. The Morgan fingerprint density at radius 3 is 2.47 bits per heavy atom. The van der Waals surface area contributed by atoms with Gasteiger partial charge in [-0.05, 0) is 12.5 Å². The SMILES string of the molecule is CC.CC.[B]c1cnc2[nH]cc(C)c2c1.[HH]. The summed E-state index contributed by atoms with van der Waals surface area (Å²) in [7, 11) is 5.58. The standard InChI is InChI=1S/C8H7BN2.2C2H6.H2/c1-5-3-10-8-7(5)2-6(9)4-11-8;2*1-2;/h2-4H,1H3,(H,10,11);2*1-2H3;1H. The van der Waals surface area contributed by atoms with Gasteiger partial charge in [-0.2, -0.15) is 0 Å². The van der Waals surface area contributed by atoms with Crippen molar-refractivity contribution >= 4 is 24.3 Å². The molecule has 82 valence electrons. The smallest absolute Gasteiger partial charge is 0.137 e. The summed E-state index contributed by atoms with van der Waals surface area (Å²) >= 11 is 0. The minimum Gasteiger partial charge on any atom is -0.346 e. The second kappa shape index (κ2) is 7.10. The lowest BCUT2D eigenvalue weighted by Gasteiger charge is -1.92. The van der Waals surface area contributed by atoms with Gasteiger partial charge in [0.15, 0.2) is 0 Å². The van der Waals surface area contributed by atoms with Gasteiger partial charge in [0.25, 0.3) is 0 Å². The number of aromatic amines is 1. The molecule has 3 heteroatoms. The molecule has 2 aromatic heterocycles. The first-order valence-corrected chi connectivity index (χ1v) is 5.46. The van der Waals surface area contributed by atoms with Gasteiger partial charge >= 0.3 is 0 Å². The number of aryl methyl sites for hydroxylation is 1. The van der Waals surface area contributed by atoms with E-state index in [1.807, 2.05) is 46.9 Å². The molecule has 0 atom stereocenters. The average Bonchev–Trinajstić information content (AvgIpc) is 2.66. The molecule has 0 saturated carbocycles. The molecule has 2 heterocycles. The first-order valence-electron chi connectivity index (χ1n) is 5.46. The molecule has 15 heavy (non-hydrogen) atoms. The lowest BCUT2D eigenvalue weighted by Crippen LogP contribution is -2.01. The summed E-state index contributed by atoms with van der Waals surface area (Å²) in [5.74, 6) is 0. The van der Waals surface area contributed by atoms with Crippen molar-refractivity contribution < 1.29 is 1.43 Å². The van der Waals surface area contributed by atoms with Gasteiger partial charge in [0.05, 0.1) is 0 Å². The van der Waals surface area contributed by atoms with Crippen LogP contribution in [0.25, 0.3) is 11.0 Å². The van der Waals surface area contributed by atoms with Gasteiger partial charge in [0, 0.05) is 19.2 Å². The van der Waals surface area contributed by atoms with E-state index in [4.69, 9.17) is 7.85 Å². The third-order valence-corrected chi connectivity index (χ3v) is 1.76. The second-order valence-corrected chi connectivity index (χ2v) is 2.64. The first-order chi connectivity index (χ1) is 7.27. The number of rotatable bonds is 0. The zero-order valence-electron chi connectivity index (χ0n) is 10.3. The molecule has 2 rings (SSSR count). The Bertz CT molecular complexity index is 399. The number of nitrogens with one attached hydrogen (secondary N) is 1. The number of hydrogen-bond acceptors (Lipinski definition) is 1. The Kier molecular flexibility index (Phi) is 6.51. The van der Waals surface area contributed by atoms with E-state index in [-0.39, 0.29) is 1.43 Å². The van der Waals surface area contributed by atoms with Gasteiger partial charge in [0.2, 0.25) is 0 Å². The van der Waals surface area contributed by atoms with E-state index in [1.165, 1.54) is 5.56 Å². The van der Waals surface area contributed by atoms with Crippen LogP contribution in [0.5, 0.6) is 0 Å². The molecule has 0 bridgehead atoms. The molecule has 0 aliphatic carbocycles. The van der Waals surface area contributed by atoms with Crippen LogP contribution in [0, 0.1) is 6.92 Å². The van der Waals surface area contributed by atoms with E-state index in [0.717, 1.165) is 11.0 Å². The van der Waals surface area contributed by atoms with Gasteiger partial charge in [-0.15, -0.1) is 0 Å². The number of nitrogens with zero attached hydrogens (tertiary/aromatic N) is 1. The lowest BCUT2D eigenvalue weighted by atomic mass is 9.97. The minimum atomic E-state index is 0. The molecular weight excluding hydrogens is 183 g/mol. The van der Waals surface area contributed by atoms with Crippen LogP contribution in [0.4, 0.5) is 0 Å². The quantitative estimate of drug-likeness (QED) is 0.656. The number of H-pyrrole nitrogens is 1. The molecule has 0 aliphatic heterocycles. The number of fused-ring (bicyclic) bond motifs is 1. The third kappa shape index (κ3) is 3.42. The summed E-state index contributed by atoms with van der Waals surface area (Å²) < 4.78 is 0. The van der Waals surface area contributed by atoms with Crippen LogP contribution in [0.15, 0.2) is 18.5 Å². The maximum Gasteiger partial charge on any atom is 0.137 e. The number of hydrogen-bond donors (Lipinski definition) is 1. The van der Waals surface area contributed by atoms with Crippen molar-refractivity contribution in [3.63, 3.8) is 0 Å². The Morgan fingerprint density at radius 1 is 1.27 bits per heavy atom. The molecule has 0 amide bonds. The number of aromatic nitrogens is 2. The normalized spacial score (nSPS) is 8.60. The van der Waals surface area contributed by atoms with Gasteiger partial charge in [0.1, 0.15) is 13.5 Å². The van der Waals surface area contributed by atoms with E-state index >= 15 is 0 Å². The topological polar surface area (TPSA) is 28.7 Å². The Morgan fingerprint density at radius 2 is 1.87 bits per heavy atom. The first kappa shape index (κ1) is 13.8. The molecule has 0 saturated heterocycles. The maximum atomic E-state index is 5.58. The van der Waals surface area contributed by atoms with Crippen molar-refractivity contribution in [2.75, 3.05) is 0 Å². The zero-order chi connectivity index (χ0) is 11.8. The van der Waals surface area contributed by atoms with Crippen LogP contribution in [-0.2, 0) is 0 Å². The van der Waals surface area contributed by atoms with Crippen molar-refractivity contribution in [2.24, 2.45) is 0 Å². The van der Waals surface area contributed by atoms with E-state index in [2.05, 4.69) is 9.97 Å². The summed E-state index contributed by atoms with van der Waals surface area (Å²) in [5, 5.41) is 1.10. The van der Waals surface area contributed by atoms with Crippen LogP contribution >= 0.6 is 0 Å². The highest BCUT2D eigenvalue weighted by Gasteiger charge is 1.98. The van der Waals surface area contributed by atoms with Crippen molar-refractivity contribution in [3.05, 3.63) is 24.0 Å². The summed E-state index contributed by atoms with van der Waals surface area (Å²) in [5.41, 5.74) is 2.79. The zero-order valence-corrected chi connectivity index (χ0v) is 10.3. The second-order valence-electron chi connectivity index (χ2n) is 2.64. The van der Waals surface area contributed by atoms with Gasteiger partial charge in [-0.3, -0.25) is 0 Å². The Labute approximate surface area is 95.0 Å². The highest BCUT2D eigenvalue weighted by Crippen LogP contribution is 2.12. The van der Waals surface area contributed by atoms with E-state index in [0.29, 0.717) is 5.46 Å². The molecule has 0 fully saturated rings. The lowest BCUT2D eigenvalue weighted by molar-refractivity contribution is 1.33. The predicted octanol–water partition coefficient (Wildman–Crippen LogP) is 2.96. The van der Waals surface area contributed by atoms with Gasteiger partial charge in [-0.1, -0.05) is 39.2 Å². The van der Waals surface area contributed by atoms with Crippen molar-refractivity contribution in [3.8, 4) is 0 Å². The fourth-order valence-electron chi connectivity index (χ4n) is 1.15. The van der Waals surface area contributed by atoms with Crippen LogP contribution in [-0.4, -0.2) is 17.8 Å². The van der Waals surface area contributed by atoms with Gasteiger partial charge in [-0.25, -0.2) is 4.98 Å². The largest absolute Gasteiger partial charge is 0.346 e. The minimum absolute atomic E-state index is 0. The highest BCUT2D eigenvalue weighted by molar-refractivity contribution is 6.32. The Balaban J connectivity index is 0. The average molecular weight is 204 g/mol. The van der Waals surface area contributed by atoms with Crippen molar-refractivity contribution in [1.29, 1.82) is 0 Å². The summed E-state index contributed by atoms with van der Waals surface area (Å²) in [6.07, 6.45) is 3.58. The van der Waals surface area contributed by atoms with Crippen molar-refractivity contribution in [2.45, 2.75) is 34.6 Å². The van der Waals surface area contributed by atoms with Crippen LogP contribution in [0.2, 0.25) is 0 Å². The molecule has 2 radical (unpaired) electrons. The fraction of sp³-hybridized carbons (Fsp3) is 0.417. The fourth-order valence-corrected chi connectivity index (χ4v) is 1.15. The number of pyridine rings is 1. The highest BCUT2D eigenvalue weighted by atomic mass is 14.8. The molecule has 2 nitrogen and oxygen atoms in total. The summed E-state index contributed by atoms with van der Waals surface area (Å²) in [6.45, 7) is 10.0. The monoisotopic (exact) mass is 204 g/mol. The summed E-state index contributed by atoms with van der Waals surface area (Å²) in [6, 6.07) is 1.92. The van der Waals surface area contributed by atoms with E-state index in [9.17, 15) is 0 Å². The van der Waals surface area contributed by atoms with Crippen LogP contribution in [0.3, 0.4) is 0 Å². The molecule has 0 spiro atoms. The maximum absolute atomic E-state index is 5.58. The van der Waals surface area contributed by atoms with Crippen LogP contribution < -0.4 is 5.46 Å². The summed E-state index contributed by atoms with van der Waals surface area (Å²) in [4.78, 5) is 7.17. The molecule has 0 aromatic carbocycles. The Hall–Kier alpha value is -1.25. The van der Waals surface area contributed by atoms with E-state index in [1.54, 1.807) is 6.20 Å². The van der Waals surface area contributed by atoms with Crippen molar-refractivity contribution in [1.82, 2.24) is 9.97 Å². The molecular formula is C12H21BN2. The van der Waals surface area contributed by atoms with E-state index < -0.39 is 0 Å². The van der Waals surface area contributed by atoms with Gasteiger partial charge < -0.3 is 4.98 Å². The van der Waals surface area contributed by atoms with Crippen LogP contribution in [0.1, 0.15) is 34.7 Å². The molecule has 0 unspecified atom stereocenters. The molecule has 1 N–H and O–H groups in total. The third-order valence-electron chi connectivity index (χ3n) is 1.76.